The molecule has 7 heteroatoms. The summed E-state index contributed by atoms with van der Waals surface area (Å²) in [5.41, 5.74) is 7.54. The number of rotatable bonds is 3. The van der Waals surface area contributed by atoms with Crippen LogP contribution < -0.4 is 5.73 Å². The lowest BCUT2D eigenvalue weighted by Gasteiger charge is -2.04. The van der Waals surface area contributed by atoms with E-state index in [0.717, 1.165) is 16.9 Å². The standard InChI is InChI=1S/C9H12ClN5O/c1-5-8-9(14(2)13-5)15(4-6(11)16)7(3-10)12-8/h3-4H2,1-2H3,(H2,11,16). The third-order valence-electron chi connectivity index (χ3n) is 2.40. The highest BCUT2D eigenvalue weighted by molar-refractivity contribution is 6.16. The number of carbonyl (C=O) groups excluding carboxylic acids is 1. The third kappa shape index (κ3) is 1.55. The van der Waals surface area contributed by atoms with E-state index in [1.54, 1.807) is 16.3 Å². The average Bonchev–Trinajstić information content (AvgIpc) is 2.67. The molecular formula is C9H12ClN5O. The van der Waals surface area contributed by atoms with Gasteiger partial charge in [-0.15, -0.1) is 11.6 Å². The molecule has 2 rings (SSSR count). The Kier molecular flexibility index (Phi) is 2.59. The number of hydrogen-bond donors (Lipinski definition) is 1. The maximum Gasteiger partial charge on any atom is 0.237 e. The Morgan fingerprint density at radius 1 is 1.56 bits per heavy atom. The van der Waals surface area contributed by atoms with Gasteiger partial charge in [-0.1, -0.05) is 0 Å². The first kappa shape index (κ1) is 10.9. The Labute approximate surface area is 97.0 Å². The zero-order valence-corrected chi connectivity index (χ0v) is 9.82. The maximum absolute atomic E-state index is 11.0. The molecule has 0 bridgehead atoms. The van der Waals surface area contributed by atoms with Crippen LogP contribution in [0.3, 0.4) is 0 Å². The van der Waals surface area contributed by atoms with Crippen molar-refractivity contribution in [1.29, 1.82) is 0 Å². The zero-order valence-electron chi connectivity index (χ0n) is 9.07. The van der Waals surface area contributed by atoms with Crippen molar-refractivity contribution < 1.29 is 4.79 Å². The lowest BCUT2D eigenvalue weighted by Crippen LogP contribution is -2.20. The second kappa shape index (κ2) is 3.79. The van der Waals surface area contributed by atoms with Crippen LogP contribution in [0.4, 0.5) is 0 Å². The quantitative estimate of drug-likeness (QED) is 0.785. The molecule has 0 aromatic carbocycles. The molecule has 2 heterocycles. The van der Waals surface area contributed by atoms with Crippen molar-refractivity contribution in [3.8, 4) is 0 Å². The number of fused-ring (bicyclic) bond motifs is 1. The first-order valence-corrected chi connectivity index (χ1v) is 5.31. The van der Waals surface area contributed by atoms with Crippen molar-refractivity contribution in [3.63, 3.8) is 0 Å². The summed E-state index contributed by atoms with van der Waals surface area (Å²) in [6, 6.07) is 0. The zero-order chi connectivity index (χ0) is 11.9. The number of aryl methyl sites for hydroxylation is 2. The number of hydrogen-bond acceptors (Lipinski definition) is 3. The molecule has 0 fully saturated rings. The van der Waals surface area contributed by atoms with Gasteiger partial charge in [0.1, 0.15) is 17.9 Å². The van der Waals surface area contributed by atoms with Crippen molar-refractivity contribution in [1.82, 2.24) is 19.3 Å². The molecule has 2 aromatic heterocycles. The molecule has 0 aliphatic rings. The highest BCUT2D eigenvalue weighted by atomic mass is 35.5. The molecule has 1 amide bonds. The molecule has 0 saturated carbocycles. The van der Waals surface area contributed by atoms with E-state index < -0.39 is 5.91 Å². The molecule has 0 atom stereocenters. The van der Waals surface area contributed by atoms with Crippen molar-refractivity contribution in [2.75, 3.05) is 0 Å². The van der Waals surface area contributed by atoms with Crippen molar-refractivity contribution >= 4 is 28.7 Å². The normalized spacial score (nSPS) is 11.2. The summed E-state index contributed by atoms with van der Waals surface area (Å²) in [6.45, 7) is 1.93. The molecule has 0 spiro atoms. The van der Waals surface area contributed by atoms with E-state index in [0.29, 0.717) is 5.82 Å². The summed E-state index contributed by atoms with van der Waals surface area (Å²) in [6.07, 6.45) is 0. The monoisotopic (exact) mass is 241 g/mol. The number of nitrogens with zero attached hydrogens (tertiary/aromatic N) is 4. The van der Waals surface area contributed by atoms with Crippen molar-refractivity contribution in [3.05, 3.63) is 11.5 Å². The van der Waals surface area contributed by atoms with Gasteiger partial charge in [0.05, 0.1) is 11.6 Å². The van der Waals surface area contributed by atoms with Gasteiger partial charge >= 0.3 is 0 Å². The molecule has 0 aliphatic heterocycles. The predicted octanol–water partition coefficient (Wildman–Crippen LogP) is 0.302. The van der Waals surface area contributed by atoms with Crippen LogP contribution in [0.5, 0.6) is 0 Å². The molecule has 16 heavy (non-hydrogen) atoms. The first-order chi connectivity index (χ1) is 7.54. The molecule has 0 radical (unpaired) electrons. The minimum atomic E-state index is -0.426. The van der Waals surface area contributed by atoms with E-state index in [9.17, 15) is 4.79 Å². The smallest absolute Gasteiger partial charge is 0.237 e. The molecule has 6 nitrogen and oxygen atoms in total. The number of halogens is 1. The average molecular weight is 242 g/mol. The summed E-state index contributed by atoms with van der Waals surface area (Å²) in [5, 5.41) is 4.23. The van der Waals surface area contributed by atoms with Gasteiger partial charge in [0, 0.05) is 7.05 Å². The van der Waals surface area contributed by atoms with Crippen LogP contribution in [0.2, 0.25) is 0 Å². The van der Waals surface area contributed by atoms with Crippen LogP contribution >= 0.6 is 11.6 Å². The number of carbonyl (C=O) groups is 1. The van der Waals surface area contributed by atoms with E-state index >= 15 is 0 Å². The largest absolute Gasteiger partial charge is 0.368 e. The fraction of sp³-hybridized carbons (Fsp3) is 0.444. The molecule has 2 aromatic rings. The Hall–Kier alpha value is -1.56. The van der Waals surface area contributed by atoms with Gasteiger partial charge in [0.25, 0.3) is 0 Å². The number of alkyl halides is 1. The molecule has 86 valence electrons. The number of primary amides is 1. The SMILES string of the molecule is Cc1nn(C)c2c1nc(CCl)n2CC(N)=O. The number of nitrogens with two attached hydrogens (primary N) is 1. The van der Waals surface area contributed by atoms with Crippen molar-refractivity contribution in [2.45, 2.75) is 19.3 Å². The van der Waals surface area contributed by atoms with Gasteiger partial charge in [-0.25, -0.2) is 4.98 Å². The minimum absolute atomic E-state index is 0.0670. The Balaban J connectivity index is 2.70. The molecule has 0 aliphatic carbocycles. The van der Waals surface area contributed by atoms with Crippen LogP contribution in [0, 0.1) is 6.92 Å². The van der Waals surface area contributed by atoms with Crippen LogP contribution in [0.1, 0.15) is 11.5 Å². The fourth-order valence-corrected chi connectivity index (χ4v) is 2.01. The topological polar surface area (TPSA) is 78.7 Å². The maximum atomic E-state index is 11.0. The van der Waals surface area contributed by atoms with Crippen LogP contribution in [-0.4, -0.2) is 25.2 Å². The first-order valence-electron chi connectivity index (χ1n) is 4.77. The van der Waals surface area contributed by atoms with Crippen LogP contribution in [0.25, 0.3) is 11.2 Å². The summed E-state index contributed by atoms with van der Waals surface area (Å²) in [7, 11) is 1.80. The van der Waals surface area contributed by atoms with E-state index in [-0.39, 0.29) is 12.4 Å². The fourth-order valence-electron chi connectivity index (χ4n) is 1.80. The van der Waals surface area contributed by atoms with Crippen molar-refractivity contribution in [2.24, 2.45) is 12.8 Å². The highest BCUT2D eigenvalue weighted by Gasteiger charge is 2.17. The number of aromatic nitrogens is 4. The van der Waals surface area contributed by atoms with Gasteiger partial charge in [-0.2, -0.15) is 5.10 Å². The second-order valence-electron chi connectivity index (χ2n) is 3.60. The second-order valence-corrected chi connectivity index (χ2v) is 3.86. The molecule has 2 N–H and O–H groups in total. The summed E-state index contributed by atoms with van der Waals surface area (Å²) < 4.78 is 3.38. The molecule has 0 unspecified atom stereocenters. The van der Waals surface area contributed by atoms with Crippen LogP contribution in [0.15, 0.2) is 0 Å². The lowest BCUT2D eigenvalue weighted by atomic mass is 10.4. The minimum Gasteiger partial charge on any atom is -0.368 e. The lowest BCUT2D eigenvalue weighted by molar-refractivity contribution is -0.118. The van der Waals surface area contributed by atoms with Gasteiger partial charge in [0.2, 0.25) is 5.91 Å². The predicted molar refractivity (Wildman–Crippen MR) is 60.0 cm³/mol. The van der Waals surface area contributed by atoms with Crippen LogP contribution in [-0.2, 0) is 24.3 Å². The Bertz CT molecular complexity index is 556. The summed E-state index contributed by atoms with van der Waals surface area (Å²) in [5.74, 6) is 0.442. The van der Waals surface area contributed by atoms with Gasteiger partial charge in [-0.05, 0) is 6.92 Å². The van der Waals surface area contributed by atoms with E-state index in [1.165, 1.54) is 0 Å². The number of amides is 1. The Morgan fingerprint density at radius 2 is 2.25 bits per heavy atom. The van der Waals surface area contributed by atoms with Gasteiger partial charge < -0.3 is 10.3 Å². The van der Waals surface area contributed by atoms with E-state index in [2.05, 4.69) is 10.1 Å². The summed E-state index contributed by atoms with van der Waals surface area (Å²) >= 11 is 5.78. The highest BCUT2D eigenvalue weighted by Crippen LogP contribution is 2.19. The molecular weight excluding hydrogens is 230 g/mol. The van der Waals surface area contributed by atoms with E-state index in [1.807, 2.05) is 6.92 Å². The van der Waals surface area contributed by atoms with Gasteiger partial charge in [-0.3, -0.25) is 9.48 Å². The Morgan fingerprint density at radius 3 is 2.81 bits per heavy atom. The molecule has 0 saturated heterocycles. The third-order valence-corrected chi connectivity index (χ3v) is 2.64. The summed E-state index contributed by atoms with van der Waals surface area (Å²) in [4.78, 5) is 15.3. The number of imidazole rings is 1. The van der Waals surface area contributed by atoms with Gasteiger partial charge in [0.15, 0.2) is 5.65 Å². The van der Waals surface area contributed by atoms with E-state index in [4.69, 9.17) is 17.3 Å².